The Morgan fingerprint density at radius 3 is 2.70 bits per heavy atom. The van der Waals surface area contributed by atoms with Gasteiger partial charge in [-0.3, -0.25) is 4.79 Å². The molecule has 0 aliphatic rings. The number of amides is 1. The van der Waals surface area contributed by atoms with Crippen LogP contribution in [-0.2, 0) is 0 Å². The first kappa shape index (κ1) is 16.0. The lowest BCUT2D eigenvalue weighted by atomic mass is 10.1. The van der Waals surface area contributed by atoms with E-state index in [-0.39, 0.29) is 5.91 Å². The quantitative estimate of drug-likeness (QED) is 0.801. The molecule has 1 aromatic rings. The Morgan fingerprint density at radius 2 is 2.15 bits per heavy atom. The summed E-state index contributed by atoms with van der Waals surface area (Å²) in [7, 11) is 1.60. The zero-order chi connectivity index (χ0) is 15.1. The number of methoxy groups -OCH3 is 1. The van der Waals surface area contributed by atoms with E-state index in [2.05, 4.69) is 19.9 Å². The third kappa shape index (κ3) is 4.27. The summed E-state index contributed by atoms with van der Waals surface area (Å²) >= 11 is 0. The van der Waals surface area contributed by atoms with Crippen LogP contribution in [0.2, 0.25) is 0 Å². The maximum absolute atomic E-state index is 12.5. The lowest BCUT2D eigenvalue weighted by molar-refractivity contribution is 0.0739. The first-order chi connectivity index (χ1) is 9.49. The van der Waals surface area contributed by atoms with Crippen LogP contribution in [0.4, 0.5) is 0 Å². The number of hydrogen-bond donors (Lipinski definition) is 0. The van der Waals surface area contributed by atoms with Gasteiger partial charge in [-0.15, -0.1) is 0 Å². The molecule has 4 nitrogen and oxygen atoms in total. The molecule has 0 bridgehead atoms. The van der Waals surface area contributed by atoms with Crippen molar-refractivity contribution < 1.29 is 9.53 Å². The van der Waals surface area contributed by atoms with Crippen LogP contribution in [0.25, 0.3) is 0 Å². The lowest BCUT2D eigenvalue weighted by Gasteiger charge is -2.24. The highest BCUT2D eigenvalue weighted by Crippen LogP contribution is 2.20. The van der Waals surface area contributed by atoms with Crippen molar-refractivity contribution in [2.45, 2.75) is 27.2 Å². The second-order valence-electron chi connectivity index (χ2n) is 5.24. The van der Waals surface area contributed by atoms with Crippen molar-refractivity contribution in [3.63, 3.8) is 0 Å². The van der Waals surface area contributed by atoms with E-state index in [4.69, 9.17) is 10.00 Å². The largest absolute Gasteiger partial charge is 0.496 e. The zero-order valence-corrected chi connectivity index (χ0v) is 12.6. The van der Waals surface area contributed by atoms with Gasteiger partial charge in [-0.1, -0.05) is 19.9 Å². The Kier molecular flexibility index (Phi) is 6.05. The van der Waals surface area contributed by atoms with Gasteiger partial charge in [-0.25, -0.2) is 0 Å². The summed E-state index contributed by atoms with van der Waals surface area (Å²) in [5, 5.41) is 8.71. The molecule has 0 spiro atoms. The van der Waals surface area contributed by atoms with Gasteiger partial charge in [0.2, 0.25) is 0 Å². The van der Waals surface area contributed by atoms with Crippen molar-refractivity contribution in [3.05, 3.63) is 29.3 Å². The molecule has 0 N–H and O–H groups in total. The number of benzene rings is 1. The Bertz CT molecular complexity index is 504. The number of ether oxygens (including phenoxy) is 1. The van der Waals surface area contributed by atoms with E-state index in [1.165, 1.54) is 0 Å². The second-order valence-corrected chi connectivity index (χ2v) is 5.24. The maximum Gasteiger partial charge on any atom is 0.254 e. The summed E-state index contributed by atoms with van der Waals surface area (Å²) in [6.45, 7) is 7.17. The van der Waals surface area contributed by atoms with Crippen LogP contribution < -0.4 is 4.74 Å². The normalized spacial score (nSPS) is 10.2. The minimum Gasteiger partial charge on any atom is -0.496 e. The van der Waals surface area contributed by atoms with Crippen molar-refractivity contribution >= 4 is 5.91 Å². The standard InChI is InChI=1S/C16H22N2O2/c1-12(2)11-18(9-5-8-17)16(19)14-7-6-13(3)15(10-14)20-4/h6-7,10,12H,5,9,11H2,1-4H3. The molecule has 0 aliphatic carbocycles. The molecular weight excluding hydrogens is 252 g/mol. The Balaban J connectivity index is 2.96. The van der Waals surface area contributed by atoms with E-state index in [1.807, 2.05) is 13.0 Å². The fraction of sp³-hybridized carbons (Fsp3) is 0.500. The average Bonchev–Trinajstić information content (AvgIpc) is 2.42. The summed E-state index contributed by atoms with van der Waals surface area (Å²) in [5.41, 5.74) is 1.60. The highest BCUT2D eigenvalue weighted by Gasteiger charge is 2.17. The number of carbonyl (C=O) groups excluding carboxylic acids is 1. The number of hydrogen-bond acceptors (Lipinski definition) is 3. The predicted octanol–water partition coefficient (Wildman–Crippen LogP) is 3.02. The fourth-order valence-electron chi connectivity index (χ4n) is 2.04. The molecule has 0 aliphatic heterocycles. The molecule has 4 heteroatoms. The van der Waals surface area contributed by atoms with Crippen LogP contribution in [0.15, 0.2) is 18.2 Å². The summed E-state index contributed by atoms with van der Waals surface area (Å²) in [6.07, 6.45) is 0.349. The topological polar surface area (TPSA) is 53.3 Å². The highest BCUT2D eigenvalue weighted by molar-refractivity contribution is 5.94. The number of nitrogens with zero attached hydrogens (tertiary/aromatic N) is 2. The molecule has 0 heterocycles. The number of carbonyl (C=O) groups is 1. The lowest BCUT2D eigenvalue weighted by Crippen LogP contribution is -2.35. The molecule has 1 amide bonds. The van der Waals surface area contributed by atoms with Crippen LogP contribution in [0.5, 0.6) is 5.75 Å². The Hall–Kier alpha value is -2.02. The molecule has 0 radical (unpaired) electrons. The highest BCUT2D eigenvalue weighted by atomic mass is 16.5. The molecule has 0 unspecified atom stereocenters. The van der Waals surface area contributed by atoms with Crippen molar-refractivity contribution in [2.24, 2.45) is 5.92 Å². The van der Waals surface area contributed by atoms with Gasteiger partial charge in [0.05, 0.1) is 19.6 Å². The molecule has 108 valence electrons. The van der Waals surface area contributed by atoms with Gasteiger partial charge >= 0.3 is 0 Å². The van der Waals surface area contributed by atoms with Crippen molar-refractivity contribution in [3.8, 4) is 11.8 Å². The van der Waals surface area contributed by atoms with E-state index in [1.54, 1.807) is 24.1 Å². The summed E-state index contributed by atoms with van der Waals surface area (Å²) < 4.78 is 5.25. The molecule has 0 saturated heterocycles. The summed E-state index contributed by atoms with van der Waals surface area (Å²) in [4.78, 5) is 14.3. The van der Waals surface area contributed by atoms with Gasteiger partial charge in [0.15, 0.2) is 0 Å². The first-order valence-corrected chi connectivity index (χ1v) is 6.80. The molecule has 0 aromatic heterocycles. The molecule has 1 rings (SSSR count). The molecule has 0 atom stereocenters. The predicted molar refractivity (Wildman–Crippen MR) is 78.7 cm³/mol. The van der Waals surface area contributed by atoms with Crippen LogP contribution >= 0.6 is 0 Å². The van der Waals surface area contributed by atoms with Crippen molar-refractivity contribution in [2.75, 3.05) is 20.2 Å². The minimum atomic E-state index is -0.0488. The van der Waals surface area contributed by atoms with Crippen molar-refractivity contribution in [1.29, 1.82) is 5.26 Å². The van der Waals surface area contributed by atoms with Crippen LogP contribution in [-0.4, -0.2) is 31.0 Å². The average molecular weight is 274 g/mol. The van der Waals surface area contributed by atoms with E-state index in [0.717, 1.165) is 5.56 Å². The Morgan fingerprint density at radius 1 is 1.45 bits per heavy atom. The third-order valence-electron chi connectivity index (χ3n) is 3.02. The number of aryl methyl sites for hydroxylation is 1. The molecular formula is C16H22N2O2. The third-order valence-corrected chi connectivity index (χ3v) is 3.02. The van der Waals surface area contributed by atoms with Gasteiger partial charge < -0.3 is 9.64 Å². The zero-order valence-electron chi connectivity index (χ0n) is 12.6. The number of rotatable bonds is 6. The minimum absolute atomic E-state index is 0.0488. The fourth-order valence-corrected chi connectivity index (χ4v) is 2.04. The smallest absolute Gasteiger partial charge is 0.254 e. The second kappa shape index (κ2) is 7.54. The molecule has 0 saturated carbocycles. The van der Waals surface area contributed by atoms with Gasteiger partial charge in [-0.2, -0.15) is 5.26 Å². The van der Waals surface area contributed by atoms with E-state index < -0.39 is 0 Å². The van der Waals surface area contributed by atoms with Crippen LogP contribution in [0.3, 0.4) is 0 Å². The van der Waals surface area contributed by atoms with Crippen LogP contribution in [0.1, 0.15) is 36.2 Å². The number of nitriles is 1. The van der Waals surface area contributed by atoms with Gasteiger partial charge in [0.1, 0.15) is 5.75 Å². The summed E-state index contributed by atoms with van der Waals surface area (Å²) in [6, 6.07) is 7.54. The van der Waals surface area contributed by atoms with Crippen molar-refractivity contribution in [1.82, 2.24) is 4.90 Å². The van der Waals surface area contributed by atoms with E-state index >= 15 is 0 Å². The summed E-state index contributed by atoms with van der Waals surface area (Å²) in [5.74, 6) is 1.03. The Labute approximate surface area is 121 Å². The molecule has 1 aromatic carbocycles. The van der Waals surface area contributed by atoms with Gasteiger partial charge in [0.25, 0.3) is 5.91 Å². The van der Waals surface area contributed by atoms with E-state index in [0.29, 0.717) is 36.7 Å². The monoisotopic (exact) mass is 274 g/mol. The SMILES string of the molecule is COc1cc(C(=O)N(CCC#N)CC(C)C)ccc1C. The molecule has 20 heavy (non-hydrogen) atoms. The van der Waals surface area contributed by atoms with Crippen LogP contribution in [0, 0.1) is 24.2 Å². The molecule has 0 fully saturated rings. The maximum atomic E-state index is 12.5. The van der Waals surface area contributed by atoms with Gasteiger partial charge in [-0.05, 0) is 30.5 Å². The van der Waals surface area contributed by atoms with Gasteiger partial charge in [0, 0.05) is 18.7 Å². The van der Waals surface area contributed by atoms with E-state index in [9.17, 15) is 4.79 Å². The first-order valence-electron chi connectivity index (χ1n) is 6.80.